The van der Waals surface area contributed by atoms with Crippen LogP contribution in [-0.2, 0) is 5.41 Å². The van der Waals surface area contributed by atoms with Gasteiger partial charge < -0.3 is 9.72 Å². The van der Waals surface area contributed by atoms with E-state index >= 15 is 0 Å². The van der Waals surface area contributed by atoms with E-state index in [1.807, 2.05) is 42.3 Å². The lowest BCUT2D eigenvalue weighted by Crippen LogP contribution is -2.32. The van der Waals surface area contributed by atoms with Crippen LogP contribution in [0.2, 0.25) is 0 Å². The maximum atomic E-state index is 13.5. The average molecular weight is 528 g/mol. The van der Waals surface area contributed by atoms with Gasteiger partial charge in [-0.2, -0.15) is 0 Å². The second-order valence-corrected chi connectivity index (χ2v) is 12.6. The number of nitrogens with one attached hydrogen (secondary N) is 1. The van der Waals surface area contributed by atoms with Crippen molar-refractivity contribution in [3.63, 3.8) is 0 Å². The number of hydrogen-bond acceptors (Lipinski definition) is 4. The lowest BCUT2D eigenvalue weighted by molar-refractivity contribution is 0.103. The number of nitrogens with zero attached hydrogens (tertiary/aromatic N) is 1. The SMILES string of the molecule is CC(C)SN1CCC(COc2ccc3c(c2)C(C)(C)c2[nH]c4cc(Br)ccc4c2C3=O)CC1. The predicted octanol–water partition coefficient (Wildman–Crippen LogP) is 6.95. The number of H-pyrrole nitrogens is 1. The quantitative estimate of drug-likeness (QED) is 0.365. The summed E-state index contributed by atoms with van der Waals surface area (Å²) in [5.74, 6) is 1.53. The van der Waals surface area contributed by atoms with E-state index in [9.17, 15) is 4.79 Å². The molecule has 2 aliphatic rings. The first kappa shape index (κ1) is 23.0. The van der Waals surface area contributed by atoms with Crippen LogP contribution >= 0.6 is 27.9 Å². The molecule has 0 radical (unpaired) electrons. The zero-order valence-corrected chi connectivity index (χ0v) is 22.1. The third-order valence-corrected chi connectivity index (χ3v) is 8.52. The minimum atomic E-state index is -0.317. The van der Waals surface area contributed by atoms with Crippen LogP contribution < -0.4 is 4.74 Å². The Hall–Kier alpha value is -1.76. The highest BCUT2D eigenvalue weighted by molar-refractivity contribution is 9.10. The standard InChI is InChI=1S/C27H31BrN2O2S/c1-16(2)33-30-11-9-17(10-12-30)15-32-19-6-8-20-22(14-19)27(3,4)26-24(25(20)31)21-7-5-18(28)13-23(21)29-26/h5-8,13-14,16-17,29H,9-12,15H2,1-4H3. The van der Waals surface area contributed by atoms with Gasteiger partial charge in [0.1, 0.15) is 5.75 Å². The van der Waals surface area contributed by atoms with E-state index in [4.69, 9.17) is 4.74 Å². The molecule has 0 bridgehead atoms. The number of halogens is 1. The zero-order chi connectivity index (χ0) is 23.3. The molecule has 174 valence electrons. The Morgan fingerprint density at radius 3 is 2.67 bits per heavy atom. The number of ketones is 1. The van der Waals surface area contributed by atoms with Gasteiger partial charge in [-0.1, -0.05) is 61.6 Å². The van der Waals surface area contributed by atoms with E-state index in [0.717, 1.165) is 63.2 Å². The summed E-state index contributed by atoms with van der Waals surface area (Å²) in [5, 5.41) is 1.62. The van der Waals surface area contributed by atoms with Crippen LogP contribution in [0.15, 0.2) is 40.9 Å². The summed E-state index contributed by atoms with van der Waals surface area (Å²) in [6.45, 7) is 11.9. The van der Waals surface area contributed by atoms with Crippen LogP contribution in [0, 0.1) is 5.92 Å². The van der Waals surface area contributed by atoms with Crippen LogP contribution in [0.25, 0.3) is 10.9 Å². The van der Waals surface area contributed by atoms with Crippen molar-refractivity contribution < 1.29 is 9.53 Å². The highest BCUT2D eigenvalue weighted by Crippen LogP contribution is 2.45. The van der Waals surface area contributed by atoms with Crippen molar-refractivity contribution in [2.24, 2.45) is 5.92 Å². The van der Waals surface area contributed by atoms with Gasteiger partial charge in [0.05, 0.1) is 12.2 Å². The third-order valence-electron chi connectivity index (χ3n) is 6.94. The Bertz CT molecular complexity index is 1210. The molecular weight excluding hydrogens is 496 g/mol. The van der Waals surface area contributed by atoms with E-state index in [2.05, 4.69) is 59.0 Å². The molecule has 1 aliphatic heterocycles. The molecule has 0 atom stereocenters. The first-order chi connectivity index (χ1) is 15.7. The minimum Gasteiger partial charge on any atom is -0.493 e. The Kier molecular flexibility index (Phi) is 6.13. The van der Waals surface area contributed by atoms with Crippen molar-refractivity contribution in [3.8, 4) is 5.75 Å². The first-order valence-corrected chi connectivity index (χ1v) is 13.4. The van der Waals surface area contributed by atoms with Gasteiger partial charge in [-0.05, 0) is 54.7 Å². The number of rotatable bonds is 5. The summed E-state index contributed by atoms with van der Waals surface area (Å²) in [6, 6.07) is 12.1. The van der Waals surface area contributed by atoms with Gasteiger partial charge in [-0.3, -0.25) is 9.10 Å². The smallest absolute Gasteiger partial charge is 0.195 e. The van der Waals surface area contributed by atoms with Crippen LogP contribution in [0.3, 0.4) is 0 Å². The Labute approximate surface area is 208 Å². The Morgan fingerprint density at radius 1 is 1.18 bits per heavy atom. The Balaban J connectivity index is 1.36. The maximum absolute atomic E-state index is 13.5. The molecule has 5 rings (SSSR count). The summed E-state index contributed by atoms with van der Waals surface area (Å²) < 4.78 is 9.76. The lowest BCUT2D eigenvalue weighted by atomic mass is 9.71. The van der Waals surface area contributed by atoms with E-state index in [-0.39, 0.29) is 11.2 Å². The van der Waals surface area contributed by atoms with Crippen LogP contribution in [0.1, 0.15) is 67.7 Å². The molecule has 1 N–H and O–H groups in total. The van der Waals surface area contributed by atoms with Crippen molar-refractivity contribution in [2.75, 3.05) is 19.7 Å². The second-order valence-electron chi connectivity index (χ2n) is 10.1. The number of carbonyl (C=O) groups excluding carboxylic acids is 1. The van der Waals surface area contributed by atoms with E-state index < -0.39 is 0 Å². The molecule has 0 spiro atoms. The van der Waals surface area contributed by atoms with Gasteiger partial charge in [0.2, 0.25) is 0 Å². The average Bonchev–Trinajstić information content (AvgIpc) is 3.17. The van der Waals surface area contributed by atoms with Crippen molar-refractivity contribution in [1.29, 1.82) is 0 Å². The summed E-state index contributed by atoms with van der Waals surface area (Å²) in [5.41, 5.74) is 4.27. The van der Waals surface area contributed by atoms with Crippen molar-refractivity contribution in [2.45, 2.75) is 51.2 Å². The monoisotopic (exact) mass is 526 g/mol. The fourth-order valence-corrected chi connectivity index (χ4v) is 6.54. The predicted molar refractivity (Wildman–Crippen MR) is 141 cm³/mol. The number of carbonyl (C=O) groups is 1. The first-order valence-electron chi connectivity index (χ1n) is 11.8. The van der Waals surface area contributed by atoms with Crippen molar-refractivity contribution in [3.05, 3.63) is 63.3 Å². The molecule has 1 fully saturated rings. The number of ether oxygens (including phenoxy) is 1. The molecule has 2 aromatic carbocycles. The van der Waals surface area contributed by atoms with E-state index in [1.165, 1.54) is 12.8 Å². The number of hydrogen-bond donors (Lipinski definition) is 1. The van der Waals surface area contributed by atoms with E-state index in [0.29, 0.717) is 11.2 Å². The molecule has 0 unspecified atom stereocenters. The molecule has 1 aromatic heterocycles. The molecule has 4 nitrogen and oxygen atoms in total. The van der Waals surface area contributed by atoms with Gasteiger partial charge in [0.15, 0.2) is 5.78 Å². The summed E-state index contributed by atoms with van der Waals surface area (Å²) in [4.78, 5) is 17.0. The van der Waals surface area contributed by atoms with Crippen molar-refractivity contribution in [1.82, 2.24) is 9.29 Å². The third kappa shape index (κ3) is 4.26. The molecule has 33 heavy (non-hydrogen) atoms. The molecule has 3 aromatic rings. The zero-order valence-electron chi connectivity index (χ0n) is 19.7. The number of aromatic amines is 1. The molecule has 6 heteroatoms. The number of benzene rings is 2. The highest BCUT2D eigenvalue weighted by atomic mass is 79.9. The normalized spacial score (nSPS) is 18.5. The van der Waals surface area contributed by atoms with E-state index in [1.54, 1.807) is 0 Å². The molecule has 0 saturated carbocycles. The lowest BCUT2D eigenvalue weighted by Gasteiger charge is -2.33. The largest absolute Gasteiger partial charge is 0.493 e. The van der Waals surface area contributed by atoms with Crippen LogP contribution in [0.4, 0.5) is 0 Å². The van der Waals surface area contributed by atoms with Gasteiger partial charge in [0, 0.05) is 50.4 Å². The number of piperidine rings is 1. The molecule has 1 aliphatic carbocycles. The van der Waals surface area contributed by atoms with Gasteiger partial charge >= 0.3 is 0 Å². The van der Waals surface area contributed by atoms with Gasteiger partial charge in [-0.25, -0.2) is 0 Å². The fourth-order valence-electron chi connectivity index (χ4n) is 5.17. The molecular formula is C27H31BrN2O2S. The van der Waals surface area contributed by atoms with Gasteiger partial charge in [0.25, 0.3) is 0 Å². The van der Waals surface area contributed by atoms with Gasteiger partial charge in [-0.15, -0.1) is 0 Å². The van der Waals surface area contributed by atoms with Crippen molar-refractivity contribution >= 4 is 44.6 Å². The molecule has 2 heterocycles. The summed E-state index contributed by atoms with van der Waals surface area (Å²) in [6.07, 6.45) is 2.34. The minimum absolute atomic E-state index is 0.0921. The number of aromatic nitrogens is 1. The maximum Gasteiger partial charge on any atom is 0.195 e. The topological polar surface area (TPSA) is 45.3 Å². The van der Waals surface area contributed by atoms with Crippen LogP contribution in [-0.4, -0.2) is 40.0 Å². The fraction of sp³-hybridized carbons (Fsp3) is 0.444. The Morgan fingerprint density at radius 2 is 1.94 bits per heavy atom. The summed E-state index contributed by atoms with van der Waals surface area (Å²) in [7, 11) is 0. The second kappa shape index (κ2) is 8.79. The highest BCUT2D eigenvalue weighted by Gasteiger charge is 2.39. The summed E-state index contributed by atoms with van der Waals surface area (Å²) >= 11 is 5.50. The van der Waals surface area contributed by atoms with Crippen LogP contribution in [0.5, 0.6) is 5.75 Å². The number of fused-ring (bicyclic) bond motifs is 4. The molecule has 0 amide bonds. The molecule has 1 saturated heterocycles.